The largest absolute Gasteiger partial charge is 0.494 e. The van der Waals surface area contributed by atoms with Crippen LogP contribution in [0, 0.1) is 25.2 Å². The zero-order chi connectivity index (χ0) is 25.7. The van der Waals surface area contributed by atoms with Crippen molar-refractivity contribution in [1.29, 1.82) is 5.26 Å². The first-order valence-corrected chi connectivity index (χ1v) is 11.3. The number of anilines is 1. The minimum absolute atomic E-state index is 0.00140. The molecule has 8 nitrogen and oxygen atoms in total. The number of nitrogens with one attached hydrogen (secondary N) is 1. The second-order valence-electron chi connectivity index (χ2n) is 7.95. The Morgan fingerprint density at radius 3 is 2.61 bits per heavy atom. The number of fused-ring (bicyclic) bond motifs is 1. The van der Waals surface area contributed by atoms with Crippen molar-refractivity contribution in [3.8, 4) is 23.4 Å². The topological polar surface area (TPSA) is 106 Å². The van der Waals surface area contributed by atoms with Crippen molar-refractivity contribution in [3.05, 3.63) is 99.5 Å². The molecule has 0 aliphatic carbocycles. The number of aryl methyl sites for hydroxylation is 1. The molecule has 8 heteroatoms. The minimum Gasteiger partial charge on any atom is -0.494 e. The lowest BCUT2D eigenvalue weighted by Crippen LogP contribution is -2.20. The molecule has 2 aromatic heterocycles. The molecule has 0 saturated heterocycles. The Labute approximate surface area is 208 Å². The fourth-order valence-electron chi connectivity index (χ4n) is 3.52. The van der Waals surface area contributed by atoms with Gasteiger partial charge in [0.2, 0.25) is 5.88 Å². The molecule has 0 saturated carbocycles. The van der Waals surface area contributed by atoms with E-state index in [1.54, 1.807) is 54.7 Å². The number of pyridine rings is 1. The number of benzene rings is 2. The van der Waals surface area contributed by atoms with Gasteiger partial charge in [0.1, 0.15) is 34.4 Å². The van der Waals surface area contributed by atoms with Crippen LogP contribution in [-0.4, -0.2) is 21.9 Å². The standard InChI is InChI=1S/C28H24N4O4/c1-4-35-22-13-11-21(12-14-22)30-26(33)20(17-29)16-23-27(36-24-9-7-8-18(2)19(24)3)31-25-10-5-6-15-32(25)28(23)34/h5-16H,4H2,1-3H3,(H,30,33). The van der Waals surface area contributed by atoms with E-state index in [4.69, 9.17) is 9.47 Å². The first-order chi connectivity index (χ1) is 17.4. The number of carbonyl (C=O) groups excluding carboxylic acids is 1. The van der Waals surface area contributed by atoms with Gasteiger partial charge in [-0.1, -0.05) is 18.2 Å². The molecule has 2 heterocycles. The molecule has 0 spiro atoms. The number of aromatic nitrogens is 2. The Balaban J connectivity index is 1.76. The van der Waals surface area contributed by atoms with Gasteiger partial charge in [0.15, 0.2) is 0 Å². The average Bonchev–Trinajstić information content (AvgIpc) is 2.88. The lowest BCUT2D eigenvalue weighted by molar-refractivity contribution is -0.112. The van der Waals surface area contributed by atoms with Crippen LogP contribution in [0.4, 0.5) is 5.69 Å². The van der Waals surface area contributed by atoms with Crippen LogP contribution in [-0.2, 0) is 4.79 Å². The molecule has 180 valence electrons. The van der Waals surface area contributed by atoms with Crippen molar-refractivity contribution in [2.75, 3.05) is 11.9 Å². The summed E-state index contributed by atoms with van der Waals surface area (Å²) in [6, 6.07) is 19.3. The Morgan fingerprint density at radius 1 is 1.11 bits per heavy atom. The highest BCUT2D eigenvalue weighted by molar-refractivity contribution is 6.09. The van der Waals surface area contributed by atoms with Gasteiger partial charge in [-0.05, 0) is 80.4 Å². The van der Waals surface area contributed by atoms with E-state index in [0.717, 1.165) is 11.1 Å². The summed E-state index contributed by atoms with van der Waals surface area (Å²) in [6.07, 6.45) is 2.77. The van der Waals surface area contributed by atoms with Gasteiger partial charge in [0.25, 0.3) is 11.5 Å². The highest BCUT2D eigenvalue weighted by Crippen LogP contribution is 2.28. The van der Waals surface area contributed by atoms with Crippen LogP contribution in [0.25, 0.3) is 11.7 Å². The van der Waals surface area contributed by atoms with Crippen molar-refractivity contribution in [2.45, 2.75) is 20.8 Å². The molecule has 36 heavy (non-hydrogen) atoms. The van der Waals surface area contributed by atoms with Crippen molar-refractivity contribution in [3.63, 3.8) is 0 Å². The Hall–Kier alpha value is -4.90. The summed E-state index contributed by atoms with van der Waals surface area (Å²) in [4.78, 5) is 30.8. The van der Waals surface area contributed by atoms with Gasteiger partial charge >= 0.3 is 0 Å². The van der Waals surface area contributed by atoms with E-state index in [-0.39, 0.29) is 17.0 Å². The Bertz CT molecular complexity index is 1560. The molecule has 0 atom stereocenters. The zero-order valence-corrected chi connectivity index (χ0v) is 20.1. The first kappa shape index (κ1) is 24.2. The molecule has 0 unspecified atom stereocenters. The molecule has 0 aliphatic heterocycles. The second kappa shape index (κ2) is 10.6. The third-order valence-corrected chi connectivity index (χ3v) is 5.57. The number of nitriles is 1. The van der Waals surface area contributed by atoms with E-state index in [0.29, 0.717) is 29.4 Å². The summed E-state index contributed by atoms with van der Waals surface area (Å²) in [5.41, 5.74) is 1.98. The molecule has 1 amide bonds. The first-order valence-electron chi connectivity index (χ1n) is 11.3. The fraction of sp³-hybridized carbons (Fsp3) is 0.143. The summed E-state index contributed by atoms with van der Waals surface area (Å²) in [6.45, 7) is 6.25. The van der Waals surface area contributed by atoms with E-state index < -0.39 is 11.5 Å². The number of ether oxygens (including phenoxy) is 2. The summed E-state index contributed by atoms with van der Waals surface area (Å²) in [5, 5.41) is 12.4. The molecule has 0 aliphatic rings. The van der Waals surface area contributed by atoms with Gasteiger partial charge < -0.3 is 14.8 Å². The second-order valence-corrected chi connectivity index (χ2v) is 7.95. The van der Waals surface area contributed by atoms with Crippen LogP contribution in [0.3, 0.4) is 0 Å². The van der Waals surface area contributed by atoms with Crippen LogP contribution < -0.4 is 20.3 Å². The van der Waals surface area contributed by atoms with E-state index in [1.807, 2.05) is 39.0 Å². The maximum absolute atomic E-state index is 13.4. The van der Waals surface area contributed by atoms with Gasteiger partial charge in [-0.2, -0.15) is 10.2 Å². The van der Waals surface area contributed by atoms with E-state index in [9.17, 15) is 14.9 Å². The molecular weight excluding hydrogens is 456 g/mol. The summed E-state index contributed by atoms with van der Waals surface area (Å²) in [7, 11) is 0. The van der Waals surface area contributed by atoms with Crippen molar-refractivity contribution in [2.24, 2.45) is 0 Å². The molecule has 0 bridgehead atoms. The monoisotopic (exact) mass is 480 g/mol. The van der Waals surface area contributed by atoms with Crippen LogP contribution in [0.5, 0.6) is 17.4 Å². The number of nitrogens with zero attached hydrogens (tertiary/aromatic N) is 3. The van der Waals surface area contributed by atoms with Gasteiger partial charge in [0, 0.05) is 11.9 Å². The number of hydrogen-bond donors (Lipinski definition) is 1. The quantitative estimate of drug-likeness (QED) is 0.293. The van der Waals surface area contributed by atoms with Crippen LogP contribution in [0.2, 0.25) is 0 Å². The maximum Gasteiger partial charge on any atom is 0.269 e. The van der Waals surface area contributed by atoms with Crippen molar-refractivity contribution >= 4 is 23.3 Å². The predicted molar refractivity (Wildman–Crippen MR) is 137 cm³/mol. The number of carbonyl (C=O) groups is 1. The Kier molecular flexibility index (Phi) is 7.12. The summed E-state index contributed by atoms with van der Waals surface area (Å²) in [5.74, 6) is 0.516. The number of rotatable bonds is 7. The SMILES string of the molecule is CCOc1ccc(NC(=O)C(C#N)=Cc2c(Oc3cccc(C)c3C)nc3ccccn3c2=O)cc1. The van der Waals surface area contributed by atoms with Gasteiger partial charge in [-0.25, -0.2) is 0 Å². The minimum atomic E-state index is -0.670. The summed E-state index contributed by atoms with van der Waals surface area (Å²) >= 11 is 0. The molecule has 4 aromatic rings. The van der Waals surface area contributed by atoms with Crippen LogP contribution >= 0.6 is 0 Å². The number of amides is 1. The van der Waals surface area contributed by atoms with Crippen LogP contribution in [0.1, 0.15) is 23.6 Å². The molecule has 2 aromatic carbocycles. The number of hydrogen-bond acceptors (Lipinski definition) is 6. The van der Waals surface area contributed by atoms with Gasteiger partial charge in [0.05, 0.1) is 6.61 Å². The van der Waals surface area contributed by atoms with Gasteiger partial charge in [-0.3, -0.25) is 14.0 Å². The smallest absolute Gasteiger partial charge is 0.269 e. The third-order valence-electron chi connectivity index (χ3n) is 5.57. The molecule has 4 rings (SSSR count). The highest BCUT2D eigenvalue weighted by Gasteiger charge is 2.18. The zero-order valence-electron chi connectivity index (χ0n) is 20.1. The van der Waals surface area contributed by atoms with E-state index in [1.165, 1.54) is 10.5 Å². The molecular formula is C28H24N4O4. The highest BCUT2D eigenvalue weighted by atomic mass is 16.5. The Morgan fingerprint density at radius 2 is 1.89 bits per heavy atom. The molecule has 0 fully saturated rings. The van der Waals surface area contributed by atoms with Crippen molar-refractivity contribution in [1.82, 2.24) is 9.38 Å². The lowest BCUT2D eigenvalue weighted by atomic mass is 10.1. The van der Waals surface area contributed by atoms with E-state index in [2.05, 4.69) is 10.3 Å². The third kappa shape index (κ3) is 5.10. The van der Waals surface area contributed by atoms with Crippen molar-refractivity contribution < 1.29 is 14.3 Å². The summed E-state index contributed by atoms with van der Waals surface area (Å²) < 4.78 is 12.8. The maximum atomic E-state index is 13.4. The van der Waals surface area contributed by atoms with E-state index >= 15 is 0 Å². The average molecular weight is 481 g/mol. The lowest BCUT2D eigenvalue weighted by Gasteiger charge is -2.13. The molecule has 0 radical (unpaired) electrons. The predicted octanol–water partition coefficient (Wildman–Crippen LogP) is 5.05. The normalized spacial score (nSPS) is 11.1. The molecule has 1 N–H and O–H groups in total. The van der Waals surface area contributed by atoms with Gasteiger partial charge in [-0.15, -0.1) is 0 Å². The fourth-order valence-corrected chi connectivity index (χ4v) is 3.52. The van der Waals surface area contributed by atoms with Crippen LogP contribution in [0.15, 0.2) is 77.2 Å².